The van der Waals surface area contributed by atoms with Crippen molar-refractivity contribution in [2.75, 3.05) is 13.1 Å². The molecule has 1 amide bonds. The average Bonchev–Trinajstić information content (AvgIpc) is 2.63. The van der Waals surface area contributed by atoms with Gasteiger partial charge in [0.25, 0.3) is 11.5 Å². The number of carbonyl (C=O) groups is 1. The Bertz CT molecular complexity index is 903. The van der Waals surface area contributed by atoms with Gasteiger partial charge in [0.2, 0.25) is 0 Å². The first-order valence-electron chi connectivity index (χ1n) is 8.70. The van der Waals surface area contributed by atoms with E-state index in [0.717, 1.165) is 0 Å². The van der Waals surface area contributed by atoms with Crippen molar-refractivity contribution < 1.29 is 27.4 Å². The molecule has 28 heavy (non-hydrogen) atoms. The third kappa shape index (κ3) is 5.05. The lowest BCUT2D eigenvalue weighted by Crippen LogP contribution is -2.42. The number of nitrogens with zero attached hydrogens (tertiary/aromatic N) is 2. The Kier molecular flexibility index (Phi) is 5.62. The van der Waals surface area contributed by atoms with E-state index in [2.05, 4.69) is 4.74 Å². The molecular weight excluding hydrogens is 377 g/mol. The first kappa shape index (κ1) is 19.8. The number of pyridine rings is 1. The minimum atomic E-state index is -4.76. The molecule has 0 N–H and O–H groups in total. The summed E-state index contributed by atoms with van der Waals surface area (Å²) in [5, 5.41) is 0. The molecule has 2 heterocycles. The summed E-state index contributed by atoms with van der Waals surface area (Å²) in [5.41, 5.74) is 0.0736. The summed E-state index contributed by atoms with van der Waals surface area (Å²) in [5.74, 6) is -0.293. The minimum absolute atomic E-state index is 0.225. The first-order valence-corrected chi connectivity index (χ1v) is 8.70. The Morgan fingerprint density at radius 1 is 1.11 bits per heavy atom. The van der Waals surface area contributed by atoms with Crippen LogP contribution in [0.2, 0.25) is 0 Å². The maximum Gasteiger partial charge on any atom is 0.573 e. The molecule has 0 aliphatic carbocycles. The highest BCUT2D eigenvalue weighted by molar-refractivity contribution is 5.94. The van der Waals surface area contributed by atoms with Crippen LogP contribution in [0.25, 0.3) is 0 Å². The van der Waals surface area contributed by atoms with E-state index in [4.69, 9.17) is 4.74 Å². The molecule has 0 unspecified atom stereocenters. The van der Waals surface area contributed by atoms with Gasteiger partial charge in [0.05, 0.1) is 0 Å². The zero-order valence-corrected chi connectivity index (χ0v) is 15.1. The lowest BCUT2D eigenvalue weighted by molar-refractivity contribution is -0.274. The van der Waals surface area contributed by atoms with Crippen LogP contribution in [0.5, 0.6) is 11.5 Å². The zero-order valence-electron chi connectivity index (χ0n) is 15.1. The first-order chi connectivity index (χ1) is 13.2. The molecule has 9 heteroatoms. The fraction of sp³-hybridized carbons (Fsp3) is 0.368. The highest BCUT2D eigenvalue weighted by Crippen LogP contribution is 2.27. The van der Waals surface area contributed by atoms with Gasteiger partial charge < -0.3 is 18.9 Å². The molecule has 6 nitrogen and oxygen atoms in total. The van der Waals surface area contributed by atoms with Crippen molar-refractivity contribution in [3.05, 3.63) is 58.5 Å². The molecule has 150 valence electrons. The lowest BCUT2D eigenvalue weighted by atomic mass is 10.1. The van der Waals surface area contributed by atoms with Crippen LogP contribution in [0.1, 0.15) is 23.2 Å². The van der Waals surface area contributed by atoms with Crippen LogP contribution in [0.4, 0.5) is 13.2 Å². The van der Waals surface area contributed by atoms with Crippen molar-refractivity contribution in [2.45, 2.75) is 25.3 Å². The Balaban J connectivity index is 1.57. The van der Waals surface area contributed by atoms with Gasteiger partial charge in [-0.3, -0.25) is 9.59 Å². The molecule has 0 spiro atoms. The number of halogens is 3. The largest absolute Gasteiger partial charge is 0.573 e. The smallest absolute Gasteiger partial charge is 0.490 e. The molecular formula is C19H19F3N2O4. The Morgan fingerprint density at radius 2 is 1.79 bits per heavy atom. The van der Waals surface area contributed by atoms with Crippen LogP contribution in [0, 0.1) is 0 Å². The average molecular weight is 396 g/mol. The third-order valence-electron chi connectivity index (χ3n) is 4.42. The second-order valence-electron chi connectivity index (χ2n) is 6.50. The second-order valence-corrected chi connectivity index (χ2v) is 6.50. The number of rotatable bonds is 4. The number of piperidine rings is 1. The summed E-state index contributed by atoms with van der Waals surface area (Å²) in [6, 6.07) is 8.26. The number of ether oxygens (including phenoxy) is 2. The van der Waals surface area contributed by atoms with E-state index >= 15 is 0 Å². The van der Waals surface area contributed by atoms with Crippen molar-refractivity contribution in [2.24, 2.45) is 7.05 Å². The molecule has 1 saturated heterocycles. The highest BCUT2D eigenvalue weighted by Gasteiger charge is 2.31. The van der Waals surface area contributed by atoms with Crippen LogP contribution < -0.4 is 15.0 Å². The number of likely N-dealkylation sites (tertiary alicyclic amines) is 1. The van der Waals surface area contributed by atoms with E-state index in [0.29, 0.717) is 31.5 Å². The highest BCUT2D eigenvalue weighted by atomic mass is 19.4. The number of hydrogen-bond acceptors (Lipinski definition) is 4. The van der Waals surface area contributed by atoms with Crippen molar-refractivity contribution in [1.29, 1.82) is 0 Å². The lowest BCUT2D eigenvalue weighted by Gasteiger charge is -2.32. The van der Waals surface area contributed by atoms with Crippen molar-refractivity contribution >= 4 is 5.91 Å². The minimum Gasteiger partial charge on any atom is -0.490 e. The molecule has 1 aliphatic heterocycles. The molecule has 2 aromatic rings. The number of aryl methyl sites for hydroxylation is 1. The fourth-order valence-corrected chi connectivity index (χ4v) is 2.98. The fourth-order valence-electron chi connectivity index (χ4n) is 2.98. The third-order valence-corrected chi connectivity index (χ3v) is 4.42. The van der Waals surface area contributed by atoms with Gasteiger partial charge in [-0.15, -0.1) is 13.2 Å². The number of aromatic nitrogens is 1. The van der Waals surface area contributed by atoms with Gasteiger partial charge in [0.1, 0.15) is 17.6 Å². The van der Waals surface area contributed by atoms with Gasteiger partial charge >= 0.3 is 6.36 Å². The van der Waals surface area contributed by atoms with Gasteiger partial charge in [-0.25, -0.2) is 0 Å². The molecule has 3 rings (SSSR count). The van der Waals surface area contributed by atoms with Crippen molar-refractivity contribution in [1.82, 2.24) is 9.47 Å². The number of alkyl halides is 3. The van der Waals surface area contributed by atoms with Crippen LogP contribution in [-0.4, -0.2) is 40.9 Å². The summed E-state index contributed by atoms with van der Waals surface area (Å²) in [6.45, 7) is 0.856. The molecule has 1 aromatic carbocycles. The quantitative estimate of drug-likeness (QED) is 0.797. The van der Waals surface area contributed by atoms with E-state index in [9.17, 15) is 22.8 Å². The Morgan fingerprint density at radius 3 is 2.43 bits per heavy atom. The second kappa shape index (κ2) is 7.95. The maximum atomic E-state index is 12.5. The number of hydrogen-bond donors (Lipinski definition) is 0. The zero-order chi connectivity index (χ0) is 20.3. The molecule has 1 fully saturated rings. The molecule has 0 bridgehead atoms. The SMILES string of the molecule is Cn1ccc(C(=O)N2CCC(Oc3cccc(OC(F)(F)F)c3)CC2)cc1=O. The Hall–Kier alpha value is -2.97. The van der Waals surface area contributed by atoms with E-state index in [-0.39, 0.29) is 29.1 Å². The van der Waals surface area contributed by atoms with Gasteiger partial charge in [-0.1, -0.05) is 6.07 Å². The molecule has 1 aromatic heterocycles. The van der Waals surface area contributed by atoms with E-state index in [1.807, 2.05) is 0 Å². The summed E-state index contributed by atoms with van der Waals surface area (Å²) < 4.78 is 48.0. The van der Waals surface area contributed by atoms with Crippen LogP contribution >= 0.6 is 0 Å². The maximum absolute atomic E-state index is 12.5. The summed E-state index contributed by atoms with van der Waals surface area (Å²) in [7, 11) is 1.61. The van der Waals surface area contributed by atoms with Crippen molar-refractivity contribution in [3.8, 4) is 11.5 Å². The van der Waals surface area contributed by atoms with Gasteiger partial charge in [-0.2, -0.15) is 0 Å². The van der Waals surface area contributed by atoms with Gasteiger partial charge in [0, 0.05) is 56.9 Å². The van der Waals surface area contributed by atoms with Crippen LogP contribution in [0.15, 0.2) is 47.4 Å². The number of amides is 1. The standard InChI is InChI=1S/C19H19F3N2O4/c1-23-8-5-13(11-17(23)25)18(26)24-9-6-14(7-10-24)27-15-3-2-4-16(12-15)28-19(20,21)22/h2-5,8,11-12,14H,6-7,9-10H2,1H3. The van der Waals surface area contributed by atoms with Gasteiger partial charge in [0.15, 0.2) is 0 Å². The topological polar surface area (TPSA) is 60.8 Å². The molecule has 0 saturated carbocycles. The predicted molar refractivity (Wildman–Crippen MR) is 94.4 cm³/mol. The summed E-state index contributed by atoms with van der Waals surface area (Å²) >= 11 is 0. The summed E-state index contributed by atoms with van der Waals surface area (Å²) in [4.78, 5) is 25.8. The van der Waals surface area contributed by atoms with E-state index < -0.39 is 6.36 Å². The number of benzene rings is 1. The Labute approximate surface area is 159 Å². The predicted octanol–water partition coefficient (Wildman–Crippen LogP) is 2.97. The molecule has 0 atom stereocenters. The molecule has 1 aliphatic rings. The van der Waals surface area contributed by atoms with Crippen LogP contribution in [0.3, 0.4) is 0 Å². The van der Waals surface area contributed by atoms with Crippen molar-refractivity contribution in [3.63, 3.8) is 0 Å². The number of carbonyl (C=O) groups excluding carboxylic acids is 1. The van der Waals surface area contributed by atoms with E-state index in [1.165, 1.54) is 28.8 Å². The van der Waals surface area contributed by atoms with Gasteiger partial charge in [-0.05, 0) is 18.2 Å². The molecule has 0 radical (unpaired) electrons. The van der Waals surface area contributed by atoms with Crippen LogP contribution in [-0.2, 0) is 7.05 Å². The monoisotopic (exact) mass is 396 g/mol. The summed E-state index contributed by atoms with van der Waals surface area (Å²) in [6.07, 6.45) is -2.39. The normalized spacial score (nSPS) is 15.4. The van der Waals surface area contributed by atoms with E-state index in [1.54, 1.807) is 30.3 Å².